The minimum absolute atomic E-state index is 0.0746. The van der Waals surface area contributed by atoms with Crippen LogP contribution in [0, 0.1) is 11.7 Å². The van der Waals surface area contributed by atoms with E-state index < -0.39 is 0 Å². The third-order valence-electron chi connectivity index (χ3n) is 3.35. The van der Waals surface area contributed by atoms with Gasteiger partial charge in [-0.3, -0.25) is 0 Å². The van der Waals surface area contributed by atoms with Gasteiger partial charge in [0.15, 0.2) is 5.84 Å². The number of benzene rings is 1. The van der Waals surface area contributed by atoms with Crippen LogP contribution < -0.4 is 11.1 Å². The van der Waals surface area contributed by atoms with Gasteiger partial charge in [0, 0.05) is 12.1 Å². The number of nitrogens with zero attached hydrogens (tertiary/aromatic N) is 1. The highest BCUT2D eigenvalue weighted by molar-refractivity contribution is 5.97. The van der Waals surface area contributed by atoms with E-state index in [-0.39, 0.29) is 11.7 Å². The lowest BCUT2D eigenvalue weighted by molar-refractivity contribution is 0.318. The van der Waals surface area contributed by atoms with Gasteiger partial charge in [-0.25, -0.2) is 4.39 Å². The summed E-state index contributed by atoms with van der Waals surface area (Å²) in [6, 6.07) is 4.44. The lowest BCUT2D eigenvalue weighted by Gasteiger charge is -2.07. The Kier molecular flexibility index (Phi) is 4.74. The molecule has 0 bridgehead atoms. The van der Waals surface area contributed by atoms with Crippen LogP contribution in [0.5, 0.6) is 0 Å². The Hall–Kier alpha value is -1.62. The van der Waals surface area contributed by atoms with Crippen LogP contribution in [0.1, 0.15) is 36.8 Å². The van der Waals surface area contributed by atoms with Gasteiger partial charge >= 0.3 is 0 Å². The van der Waals surface area contributed by atoms with Gasteiger partial charge in [0.05, 0.1) is 0 Å². The molecule has 1 aliphatic carbocycles. The Morgan fingerprint density at radius 2 is 2.21 bits per heavy atom. The van der Waals surface area contributed by atoms with Gasteiger partial charge in [0.2, 0.25) is 0 Å². The monoisotopic (exact) mass is 265 g/mol. The number of nitrogens with one attached hydrogen (secondary N) is 1. The fraction of sp³-hybridized carbons (Fsp3) is 0.500. The molecule has 0 aliphatic heterocycles. The molecule has 1 aromatic rings. The molecule has 0 atom stereocenters. The van der Waals surface area contributed by atoms with E-state index in [1.54, 1.807) is 6.07 Å². The first-order valence-electron chi connectivity index (χ1n) is 6.67. The van der Waals surface area contributed by atoms with E-state index in [1.165, 1.54) is 31.4 Å². The van der Waals surface area contributed by atoms with E-state index in [0.29, 0.717) is 12.1 Å². The van der Waals surface area contributed by atoms with Gasteiger partial charge in [-0.1, -0.05) is 18.0 Å². The summed E-state index contributed by atoms with van der Waals surface area (Å²) >= 11 is 0. The quantitative estimate of drug-likeness (QED) is 0.233. The summed E-state index contributed by atoms with van der Waals surface area (Å²) in [4.78, 5) is 0. The topological polar surface area (TPSA) is 70.6 Å². The van der Waals surface area contributed by atoms with Gasteiger partial charge in [0.25, 0.3) is 0 Å². The predicted molar refractivity (Wildman–Crippen MR) is 72.6 cm³/mol. The van der Waals surface area contributed by atoms with Crippen LogP contribution in [0.2, 0.25) is 0 Å². The average Bonchev–Trinajstić information content (AvgIpc) is 3.21. The molecule has 1 saturated carbocycles. The summed E-state index contributed by atoms with van der Waals surface area (Å²) in [7, 11) is 0. The van der Waals surface area contributed by atoms with Crippen molar-refractivity contribution in [1.82, 2.24) is 5.32 Å². The average molecular weight is 265 g/mol. The number of hydrogen-bond donors (Lipinski definition) is 3. The predicted octanol–water partition coefficient (Wildman–Crippen LogP) is 2.20. The van der Waals surface area contributed by atoms with Crippen molar-refractivity contribution in [3.05, 3.63) is 35.1 Å². The second-order valence-electron chi connectivity index (χ2n) is 5.10. The Bertz CT molecular complexity index is 458. The van der Waals surface area contributed by atoms with Gasteiger partial charge in [-0.05, 0) is 49.1 Å². The Morgan fingerprint density at radius 3 is 2.89 bits per heavy atom. The van der Waals surface area contributed by atoms with Gasteiger partial charge in [0.1, 0.15) is 5.82 Å². The second-order valence-corrected chi connectivity index (χ2v) is 5.10. The molecule has 5 heteroatoms. The first-order chi connectivity index (χ1) is 9.19. The number of nitrogens with two attached hydrogens (primary N) is 1. The molecule has 0 spiro atoms. The molecule has 1 aliphatic rings. The smallest absolute Gasteiger partial charge is 0.170 e. The maximum absolute atomic E-state index is 13.4. The van der Waals surface area contributed by atoms with Crippen molar-refractivity contribution < 1.29 is 9.60 Å². The van der Waals surface area contributed by atoms with Crippen molar-refractivity contribution in [2.75, 3.05) is 6.54 Å². The molecule has 19 heavy (non-hydrogen) atoms. The van der Waals surface area contributed by atoms with Gasteiger partial charge in [-0.2, -0.15) is 0 Å². The molecule has 0 amide bonds. The molecule has 0 aromatic heterocycles. The number of rotatable bonds is 7. The molecule has 4 N–H and O–H groups in total. The molecule has 0 heterocycles. The Balaban J connectivity index is 1.82. The van der Waals surface area contributed by atoms with Crippen LogP contribution in [0.25, 0.3) is 0 Å². The van der Waals surface area contributed by atoms with Crippen LogP contribution in [0.15, 0.2) is 23.4 Å². The van der Waals surface area contributed by atoms with Crippen molar-refractivity contribution in [3.8, 4) is 0 Å². The standard InChI is InChI=1S/C14H20FN3O/c15-13-7-11(6-12(8-13)14(16)18-19)9-17-5-1-2-10-3-4-10/h6-8,10,17,19H,1-5,9H2,(H2,16,18). The summed E-state index contributed by atoms with van der Waals surface area (Å²) in [5, 5.41) is 14.8. The number of halogens is 1. The van der Waals surface area contributed by atoms with Crippen LogP contribution in [0.3, 0.4) is 0 Å². The van der Waals surface area contributed by atoms with E-state index >= 15 is 0 Å². The zero-order chi connectivity index (χ0) is 13.7. The van der Waals surface area contributed by atoms with E-state index in [0.717, 1.165) is 24.4 Å². The van der Waals surface area contributed by atoms with E-state index in [4.69, 9.17) is 10.9 Å². The molecule has 0 radical (unpaired) electrons. The van der Waals surface area contributed by atoms with Crippen LogP contribution in [-0.4, -0.2) is 17.6 Å². The fourth-order valence-electron chi connectivity index (χ4n) is 2.11. The minimum Gasteiger partial charge on any atom is -0.409 e. The summed E-state index contributed by atoms with van der Waals surface area (Å²) in [5.41, 5.74) is 6.66. The summed E-state index contributed by atoms with van der Waals surface area (Å²) in [5.74, 6) is 0.497. The van der Waals surface area contributed by atoms with Gasteiger partial charge in [-0.15, -0.1) is 0 Å². The molecule has 1 aromatic carbocycles. The van der Waals surface area contributed by atoms with E-state index in [9.17, 15) is 4.39 Å². The van der Waals surface area contributed by atoms with Crippen molar-refractivity contribution in [2.45, 2.75) is 32.2 Å². The Morgan fingerprint density at radius 1 is 1.42 bits per heavy atom. The minimum atomic E-state index is -0.376. The molecule has 1 fully saturated rings. The van der Waals surface area contributed by atoms with E-state index in [1.807, 2.05) is 0 Å². The van der Waals surface area contributed by atoms with Crippen molar-refractivity contribution in [3.63, 3.8) is 0 Å². The lowest BCUT2D eigenvalue weighted by Crippen LogP contribution is -2.17. The second kappa shape index (κ2) is 6.52. The largest absolute Gasteiger partial charge is 0.409 e. The van der Waals surface area contributed by atoms with E-state index in [2.05, 4.69) is 10.5 Å². The van der Waals surface area contributed by atoms with Crippen LogP contribution in [0.4, 0.5) is 4.39 Å². The maximum atomic E-state index is 13.4. The molecular formula is C14H20FN3O. The maximum Gasteiger partial charge on any atom is 0.170 e. The molecule has 0 saturated heterocycles. The summed E-state index contributed by atoms with van der Waals surface area (Å²) in [6.45, 7) is 1.53. The van der Waals surface area contributed by atoms with Crippen molar-refractivity contribution >= 4 is 5.84 Å². The van der Waals surface area contributed by atoms with Crippen LogP contribution in [-0.2, 0) is 6.54 Å². The highest BCUT2D eigenvalue weighted by Gasteiger charge is 2.19. The molecular weight excluding hydrogens is 245 g/mol. The lowest BCUT2D eigenvalue weighted by atomic mass is 10.1. The third kappa shape index (κ3) is 4.52. The zero-order valence-electron chi connectivity index (χ0n) is 10.9. The first kappa shape index (κ1) is 13.8. The molecule has 2 rings (SSSR count). The fourth-order valence-corrected chi connectivity index (χ4v) is 2.11. The summed E-state index contributed by atoms with van der Waals surface area (Å²) < 4.78 is 13.4. The van der Waals surface area contributed by atoms with Crippen molar-refractivity contribution in [2.24, 2.45) is 16.8 Å². The normalized spacial score (nSPS) is 15.7. The Labute approximate surface area is 112 Å². The third-order valence-corrected chi connectivity index (χ3v) is 3.35. The first-order valence-corrected chi connectivity index (χ1v) is 6.67. The number of amidine groups is 1. The molecule has 104 valence electrons. The number of hydrogen-bond acceptors (Lipinski definition) is 3. The van der Waals surface area contributed by atoms with Crippen LogP contribution >= 0.6 is 0 Å². The zero-order valence-corrected chi connectivity index (χ0v) is 10.9. The molecule has 0 unspecified atom stereocenters. The summed E-state index contributed by atoms with van der Waals surface area (Å²) in [6.07, 6.45) is 5.21. The van der Waals surface area contributed by atoms with Crippen molar-refractivity contribution in [1.29, 1.82) is 0 Å². The highest BCUT2D eigenvalue weighted by atomic mass is 19.1. The highest BCUT2D eigenvalue weighted by Crippen LogP contribution is 2.33. The molecule has 4 nitrogen and oxygen atoms in total. The van der Waals surface area contributed by atoms with Gasteiger partial charge < -0.3 is 16.3 Å². The number of oxime groups is 1. The SMILES string of the molecule is N/C(=N/O)c1cc(F)cc(CNCCCC2CC2)c1.